The van der Waals surface area contributed by atoms with Gasteiger partial charge in [-0.25, -0.2) is 18.6 Å². The van der Waals surface area contributed by atoms with E-state index >= 15 is 0 Å². The fraction of sp³-hybridized carbons (Fsp3) is 0.318. The molecule has 1 heterocycles. The first kappa shape index (κ1) is 25.4. The van der Waals surface area contributed by atoms with Gasteiger partial charge in [0.15, 0.2) is 0 Å². The molecule has 0 aliphatic rings. The molecule has 1 amide bonds. The third-order valence-corrected chi connectivity index (χ3v) is 5.26. The van der Waals surface area contributed by atoms with Gasteiger partial charge in [-0.2, -0.15) is 13.2 Å². The van der Waals surface area contributed by atoms with E-state index in [4.69, 9.17) is 11.6 Å². The average Bonchev–Trinajstić information content (AvgIpc) is 2.63. The van der Waals surface area contributed by atoms with Crippen molar-refractivity contribution in [3.63, 3.8) is 0 Å². The van der Waals surface area contributed by atoms with Gasteiger partial charge < -0.3 is 5.11 Å². The van der Waals surface area contributed by atoms with Crippen molar-refractivity contribution in [3.05, 3.63) is 69.2 Å². The molecule has 34 heavy (non-hydrogen) atoms. The minimum atomic E-state index is -4.89. The smallest absolute Gasteiger partial charge is 0.408 e. The minimum Gasteiger partial charge on any atom is -0.465 e. The van der Waals surface area contributed by atoms with E-state index in [0.29, 0.717) is 15.5 Å². The predicted molar refractivity (Wildman–Crippen MR) is 115 cm³/mol. The number of carbonyl (C=O) groups is 1. The van der Waals surface area contributed by atoms with E-state index < -0.39 is 59.0 Å². The molecule has 1 aromatic heterocycles. The van der Waals surface area contributed by atoms with Crippen molar-refractivity contribution >= 4 is 28.6 Å². The number of alkyl halides is 3. The maximum absolute atomic E-state index is 14.0. The van der Waals surface area contributed by atoms with Gasteiger partial charge in [0.05, 0.1) is 28.0 Å². The second-order valence-corrected chi connectivity index (χ2v) is 8.94. The van der Waals surface area contributed by atoms with Crippen LogP contribution in [0.3, 0.4) is 0 Å². The minimum absolute atomic E-state index is 0.0922. The van der Waals surface area contributed by atoms with Crippen molar-refractivity contribution in [3.8, 4) is 5.69 Å². The number of benzene rings is 2. The van der Waals surface area contributed by atoms with Gasteiger partial charge in [-0.1, -0.05) is 17.7 Å². The molecular formula is C22H19ClF5N3O3. The molecule has 3 aromatic rings. The van der Waals surface area contributed by atoms with Crippen LogP contribution < -0.4 is 5.56 Å². The van der Waals surface area contributed by atoms with Crippen LogP contribution in [0.1, 0.15) is 39.1 Å². The van der Waals surface area contributed by atoms with Gasteiger partial charge >= 0.3 is 12.3 Å². The average molecular weight is 504 g/mol. The van der Waals surface area contributed by atoms with Crippen LogP contribution in [0, 0.1) is 11.6 Å². The number of rotatable bonds is 4. The molecule has 182 valence electrons. The number of hydrogen-bond donors (Lipinski definition) is 1. The summed E-state index contributed by atoms with van der Waals surface area (Å²) in [6.45, 7) is 4.10. The summed E-state index contributed by atoms with van der Waals surface area (Å²) in [6.07, 6.45) is -8.31. The molecule has 1 N–H and O–H groups in total. The van der Waals surface area contributed by atoms with Crippen molar-refractivity contribution in [1.82, 2.24) is 14.5 Å². The Morgan fingerprint density at radius 1 is 1.15 bits per heavy atom. The molecule has 6 nitrogen and oxygen atoms in total. The molecule has 0 spiro atoms. The van der Waals surface area contributed by atoms with E-state index in [-0.39, 0.29) is 15.9 Å². The molecule has 1 atom stereocenters. The highest BCUT2D eigenvalue weighted by atomic mass is 35.5. The third kappa shape index (κ3) is 5.14. The van der Waals surface area contributed by atoms with Crippen LogP contribution >= 0.6 is 11.6 Å². The maximum atomic E-state index is 14.0. The van der Waals surface area contributed by atoms with E-state index in [1.807, 2.05) is 0 Å². The van der Waals surface area contributed by atoms with Gasteiger partial charge in [0.2, 0.25) is 0 Å². The van der Waals surface area contributed by atoms with E-state index in [2.05, 4.69) is 4.98 Å². The van der Waals surface area contributed by atoms with Gasteiger partial charge in [0, 0.05) is 11.6 Å². The Morgan fingerprint density at radius 3 is 2.24 bits per heavy atom. The molecule has 0 unspecified atom stereocenters. The first-order valence-electron chi connectivity index (χ1n) is 9.87. The van der Waals surface area contributed by atoms with Crippen molar-refractivity contribution in [1.29, 1.82) is 0 Å². The molecule has 0 aliphatic carbocycles. The molecule has 0 aliphatic heterocycles. The van der Waals surface area contributed by atoms with E-state index in [0.717, 1.165) is 12.1 Å². The van der Waals surface area contributed by atoms with Crippen LogP contribution in [0.2, 0.25) is 5.02 Å². The van der Waals surface area contributed by atoms with Crippen LogP contribution in [0.4, 0.5) is 26.7 Å². The molecule has 0 radical (unpaired) electrons. The van der Waals surface area contributed by atoms with Crippen LogP contribution in [-0.2, 0) is 0 Å². The summed E-state index contributed by atoms with van der Waals surface area (Å²) in [5.41, 5.74) is -2.96. The zero-order valence-corrected chi connectivity index (χ0v) is 18.9. The number of fused-ring (bicyclic) bond motifs is 1. The molecule has 0 saturated carbocycles. The Kier molecular flexibility index (Phi) is 6.62. The number of carboxylic acid groups (broad SMARTS) is 1. The van der Waals surface area contributed by atoms with Gasteiger partial charge in [-0.15, -0.1) is 0 Å². The van der Waals surface area contributed by atoms with Gasteiger partial charge in [-0.05, 0) is 45.0 Å². The number of amides is 1. The molecule has 12 heteroatoms. The number of hydrogen-bond acceptors (Lipinski definition) is 3. The third-order valence-electron chi connectivity index (χ3n) is 4.94. The summed E-state index contributed by atoms with van der Waals surface area (Å²) >= 11 is 6.12. The van der Waals surface area contributed by atoms with Crippen LogP contribution in [0.5, 0.6) is 0 Å². The highest BCUT2D eigenvalue weighted by Gasteiger charge is 2.44. The predicted octanol–water partition coefficient (Wildman–Crippen LogP) is 6.09. The fourth-order valence-electron chi connectivity index (χ4n) is 3.75. The Bertz CT molecular complexity index is 1300. The van der Waals surface area contributed by atoms with Crippen molar-refractivity contribution in [2.75, 3.05) is 0 Å². The molecule has 0 saturated heterocycles. The number of nitrogens with zero attached hydrogens (tertiary/aromatic N) is 3. The fourth-order valence-corrected chi connectivity index (χ4v) is 4.00. The quantitative estimate of drug-likeness (QED) is 0.437. The lowest BCUT2D eigenvalue weighted by Gasteiger charge is -2.40. The van der Waals surface area contributed by atoms with Crippen LogP contribution in [0.15, 0.2) is 41.2 Å². The summed E-state index contributed by atoms with van der Waals surface area (Å²) in [7, 11) is 0. The summed E-state index contributed by atoms with van der Waals surface area (Å²) in [4.78, 5) is 30.2. The summed E-state index contributed by atoms with van der Waals surface area (Å²) < 4.78 is 69.6. The largest absolute Gasteiger partial charge is 0.465 e. The van der Waals surface area contributed by atoms with Crippen LogP contribution in [-0.4, -0.2) is 37.4 Å². The van der Waals surface area contributed by atoms with E-state index in [1.165, 1.54) is 39.0 Å². The second-order valence-electron chi connectivity index (χ2n) is 8.53. The standard InChI is InChI=1S/C22H19ClF5N3O3/c1-21(2,3)31(20(33)34)16(10-22(26,27)28)18-29-15-6-4-5-14(23)17(15)19(32)30(18)13-8-11(24)7-12(25)9-13/h4-9,16H,10H2,1-3H3,(H,33,34)/t16-/m0/s1. The summed E-state index contributed by atoms with van der Waals surface area (Å²) in [6, 6.07) is 3.99. The summed E-state index contributed by atoms with van der Waals surface area (Å²) in [5, 5.41) is 9.52. The van der Waals surface area contributed by atoms with Crippen molar-refractivity contribution < 1.29 is 31.9 Å². The lowest BCUT2D eigenvalue weighted by Crippen LogP contribution is -2.49. The highest BCUT2D eigenvalue weighted by Crippen LogP contribution is 2.38. The lowest BCUT2D eigenvalue weighted by atomic mass is 10.00. The summed E-state index contributed by atoms with van der Waals surface area (Å²) in [5.74, 6) is -2.88. The first-order chi connectivity index (χ1) is 15.6. The van der Waals surface area contributed by atoms with Crippen molar-refractivity contribution in [2.45, 2.75) is 44.9 Å². The maximum Gasteiger partial charge on any atom is 0.408 e. The molecular weight excluding hydrogens is 485 g/mol. The molecule has 2 aromatic carbocycles. The number of halogens is 6. The topological polar surface area (TPSA) is 75.4 Å². The Hall–Kier alpha value is -3.21. The monoisotopic (exact) mass is 503 g/mol. The molecule has 0 fully saturated rings. The zero-order chi connectivity index (χ0) is 25.6. The van der Waals surface area contributed by atoms with E-state index in [1.54, 1.807) is 0 Å². The van der Waals surface area contributed by atoms with Gasteiger partial charge in [-0.3, -0.25) is 14.3 Å². The SMILES string of the molecule is CC(C)(C)N(C(=O)O)[C@@H](CC(F)(F)F)c1nc2cccc(Cl)c2c(=O)n1-c1cc(F)cc(F)c1. The lowest BCUT2D eigenvalue weighted by molar-refractivity contribution is -0.150. The van der Waals surface area contributed by atoms with Crippen molar-refractivity contribution in [2.24, 2.45) is 0 Å². The number of aromatic nitrogens is 2. The second kappa shape index (κ2) is 8.86. The van der Waals surface area contributed by atoms with Gasteiger partial charge in [0.25, 0.3) is 5.56 Å². The van der Waals surface area contributed by atoms with Gasteiger partial charge in [0.1, 0.15) is 23.5 Å². The first-order valence-corrected chi connectivity index (χ1v) is 10.2. The normalized spacial score (nSPS) is 13.2. The van der Waals surface area contributed by atoms with Crippen LogP contribution in [0.25, 0.3) is 16.6 Å². The Labute approximate surface area is 195 Å². The Balaban J connectivity index is 2.51. The highest BCUT2D eigenvalue weighted by molar-refractivity contribution is 6.35. The van der Waals surface area contributed by atoms with E-state index in [9.17, 15) is 36.6 Å². The molecule has 3 rings (SSSR count). The molecule has 0 bridgehead atoms. The Morgan fingerprint density at radius 2 is 1.74 bits per heavy atom. The zero-order valence-electron chi connectivity index (χ0n) is 18.1.